The Hall–Kier alpha value is -1.42. The second-order valence-corrected chi connectivity index (χ2v) is 4.15. The molecule has 16 heavy (non-hydrogen) atoms. The number of hydrogen-bond donors (Lipinski definition) is 1. The van der Waals surface area contributed by atoms with E-state index in [2.05, 4.69) is 0 Å². The molecule has 0 saturated carbocycles. The summed E-state index contributed by atoms with van der Waals surface area (Å²) in [5.74, 6) is -0.564. The van der Waals surface area contributed by atoms with Crippen molar-refractivity contribution < 1.29 is 9.18 Å². The third kappa shape index (κ3) is 1.50. The summed E-state index contributed by atoms with van der Waals surface area (Å²) in [5.41, 5.74) is 7.55. The minimum Gasteiger partial charge on any atom is -0.316 e. The Morgan fingerprint density at radius 1 is 1.50 bits per heavy atom. The molecular weight excluding hydrogens is 207 g/mol. The van der Waals surface area contributed by atoms with Crippen molar-refractivity contribution in [3.8, 4) is 0 Å². The summed E-state index contributed by atoms with van der Waals surface area (Å²) in [6, 6.07) is 2.51. The number of nitrogens with zero attached hydrogens (tertiary/aromatic N) is 1. The molecule has 0 spiro atoms. The molecule has 0 fully saturated rings. The van der Waals surface area contributed by atoms with Gasteiger partial charge in [-0.2, -0.15) is 0 Å². The lowest BCUT2D eigenvalue weighted by Gasteiger charge is -2.16. The maximum atomic E-state index is 13.8. The van der Waals surface area contributed by atoms with Crippen molar-refractivity contribution in [3.63, 3.8) is 0 Å². The number of carbonyl (C=O) groups is 1. The summed E-state index contributed by atoms with van der Waals surface area (Å²) < 4.78 is 13.8. The van der Waals surface area contributed by atoms with Crippen LogP contribution < -0.4 is 10.6 Å². The lowest BCUT2D eigenvalue weighted by molar-refractivity contribution is -0.119. The van der Waals surface area contributed by atoms with Crippen molar-refractivity contribution in [2.45, 2.75) is 26.3 Å². The molecule has 3 nitrogen and oxygen atoms in total. The van der Waals surface area contributed by atoms with Gasteiger partial charge in [0.05, 0.1) is 5.69 Å². The van der Waals surface area contributed by atoms with Crippen LogP contribution in [-0.2, 0) is 4.79 Å². The Labute approximate surface area is 94.0 Å². The van der Waals surface area contributed by atoms with Gasteiger partial charge >= 0.3 is 0 Å². The van der Waals surface area contributed by atoms with E-state index in [4.69, 9.17) is 5.73 Å². The van der Waals surface area contributed by atoms with Crippen LogP contribution in [0.4, 0.5) is 10.1 Å². The van der Waals surface area contributed by atoms with Crippen molar-refractivity contribution in [3.05, 3.63) is 29.1 Å². The first-order chi connectivity index (χ1) is 7.56. The Morgan fingerprint density at radius 2 is 2.19 bits per heavy atom. The number of rotatable bonds is 2. The normalized spacial score (nSPS) is 19.1. The number of anilines is 1. The van der Waals surface area contributed by atoms with Crippen molar-refractivity contribution >= 4 is 11.6 Å². The molecule has 0 saturated heterocycles. The average Bonchev–Trinajstić information content (AvgIpc) is 2.44. The van der Waals surface area contributed by atoms with Crippen LogP contribution in [0.25, 0.3) is 0 Å². The zero-order valence-electron chi connectivity index (χ0n) is 9.46. The largest absolute Gasteiger partial charge is 0.316 e. The van der Waals surface area contributed by atoms with E-state index >= 15 is 0 Å². The number of nitrogens with two attached hydrogens (primary N) is 1. The van der Waals surface area contributed by atoms with Gasteiger partial charge in [0.25, 0.3) is 0 Å². The Kier molecular flexibility index (Phi) is 2.68. The van der Waals surface area contributed by atoms with Gasteiger partial charge in [-0.15, -0.1) is 0 Å². The van der Waals surface area contributed by atoms with Gasteiger partial charge in [0.1, 0.15) is 11.9 Å². The van der Waals surface area contributed by atoms with Crippen LogP contribution in [0.1, 0.15) is 30.5 Å². The molecule has 0 aromatic heterocycles. The molecular formula is C12H15FN2O. The SMILES string of the molecule is CCCN1C(=O)C(N)c2cc(C)cc(F)c21. The molecule has 1 atom stereocenters. The Bertz CT molecular complexity index is 445. The molecule has 1 heterocycles. The van der Waals surface area contributed by atoms with E-state index in [1.165, 1.54) is 11.0 Å². The second kappa shape index (κ2) is 3.87. The highest BCUT2D eigenvalue weighted by atomic mass is 19.1. The summed E-state index contributed by atoms with van der Waals surface area (Å²) in [5, 5.41) is 0. The number of aryl methyl sites for hydroxylation is 1. The Balaban J connectivity index is 2.56. The van der Waals surface area contributed by atoms with E-state index in [1.807, 2.05) is 6.92 Å². The monoisotopic (exact) mass is 222 g/mol. The van der Waals surface area contributed by atoms with Crippen LogP contribution in [0.15, 0.2) is 12.1 Å². The van der Waals surface area contributed by atoms with Gasteiger partial charge in [-0.25, -0.2) is 4.39 Å². The predicted molar refractivity (Wildman–Crippen MR) is 60.7 cm³/mol. The molecule has 0 radical (unpaired) electrons. The van der Waals surface area contributed by atoms with Gasteiger partial charge in [0.2, 0.25) is 5.91 Å². The van der Waals surface area contributed by atoms with Crippen LogP contribution in [0, 0.1) is 12.7 Å². The molecule has 2 N–H and O–H groups in total. The summed E-state index contributed by atoms with van der Waals surface area (Å²) in [4.78, 5) is 13.3. The number of hydrogen-bond acceptors (Lipinski definition) is 2. The van der Waals surface area contributed by atoms with E-state index in [0.29, 0.717) is 17.8 Å². The zero-order chi connectivity index (χ0) is 11.9. The van der Waals surface area contributed by atoms with E-state index in [1.54, 1.807) is 13.0 Å². The van der Waals surface area contributed by atoms with Crippen LogP contribution in [0.5, 0.6) is 0 Å². The summed E-state index contributed by atoms with van der Waals surface area (Å²) in [7, 11) is 0. The van der Waals surface area contributed by atoms with Crippen LogP contribution >= 0.6 is 0 Å². The van der Waals surface area contributed by atoms with Crippen LogP contribution in [0.3, 0.4) is 0 Å². The van der Waals surface area contributed by atoms with E-state index in [-0.39, 0.29) is 11.7 Å². The zero-order valence-corrected chi connectivity index (χ0v) is 9.46. The Morgan fingerprint density at radius 3 is 2.81 bits per heavy atom. The molecule has 86 valence electrons. The lowest BCUT2D eigenvalue weighted by atomic mass is 10.1. The number of benzene rings is 1. The summed E-state index contributed by atoms with van der Waals surface area (Å²) in [6.07, 6.45) is 0.783. The van der Waals surface area contributed by atoms with Crippen molar-refractivity contribution in [2.24, 2.45) is 5.73 Å². The van der Waals surface area contributed by atoms with Crippen LogP contribution in [0.2, 0.25) is 0 Å². The first-order valence-electron chi connectivity index (χ1n) is 5.43. The topological polar surface area (TPSA) is 46.3 Å². The van der Waals surface area contributed by atoms with Gasteiger partial charge in [0.15, 0.2) is 0 Å². The number of amides is 1. The fraction of sp³-hybridized carbons (Fsp3) is 0.417. The maximum Gasteiger partial charge on any atom is 0.248 e. The van der Waals surface area contributed by atoms with E-state index in [0.717, 1.165) is 12.0 Å². The van der Waals surface area contributed by atoms with Gasteiger partial charge in [-0.05, 0) is 25.0 Å². The highest BCUT2D eigenvalue weighted by Crippen LogP contribution is 2.37. The second-order valence-electron chi connectivity index (χ2n) is 4.15. The third-order valence-corrected chi connectivity index (χ3v) is 2.82. The summed E-state index contributed by atoms with van der Waals surface area (Å²) in [6.45, 7) is 4.26. The van der Waals surface area contributed by atoms with E-state index < -0.39 is 6.04 Å². The predicted octanol–water partition coefficient (Wildman–Crippen LogP) is 1.89. The summed E-state index contributed by atoms with van der Waals surface area (Å²) >= 11 is 0. The van der Waals surface area contributed by atoms with E-state index in [9.17, 15) is 9.18 Å². The molecule has 1 aliphatic rings. The molecule has 0 bridgehead atoms. The highest BCUT2D eigenvalue weighted by Gasteiger charge is 2.36. The average molecular weight is 222 g/mol. The molecule has 1 aliphatic heterocycles. The fourth-order valence-electron chi connectivity index (χ4n) is 2.14. The molecule has 4 heteroatoms. The maximum absolute atomic E-state index is 13.8. The molecule has 1 amide bonds. The minimum absolute atomic E-state index is 0.207. The first kappa shape index (κ1) is 11.1. The van der Waals surface area contributed by atoms with Crippen molar-refractivity contribution in [1.29, 1.82) is 0 Å². The van der Waals surface area contributed by atoms with Gasteiger partial charge in [-0.3, -0.25) is 4.79 Å². The molecule has 2 rings (SSSR count). The smallest absolute Gasteiger partial charge is 0.248 e. The standard InChI is InChI=1S/C12H15FN2O/c1-3-4-15-11-8(10(14)12(15)16)5-7(2)6-9(11)13/h5-6,10H,3-4,14H2,1-2H3. The number of halogens is 1. The number of fused-ring (bicyclic) bond motifs is 1. The quantitative estimate of drug-likeness (QED) is 0.830. The van der Waals surface area contributed by atoms with Crippen molar-refractivity contribution in [2.75, 3.05) is 11.4 Å². The lowest BCUT2D eigenvalue weighted by Crippen LogP contribution is -2.32. The van der Waals surface area contributed by atoms with Gasteiger partial charge in [0, 0.05) is 12.1 Å². The highest BCUT2D eigenvalue weighted by molar-refractivity contribution is 6.04. The van der Waals surface area contributed by atoms with Gasteiger partial charge < -0.3 is 10.6 Å². The molecule has 1 unspecified atom stereocenters. The fourth-order valence-corrected chi connectivity index (χ4v) is 2.14. The first-order valence-corrected chi connectivity index (χ1v) is 5.43. The van der Waals surface area contributed by atoms with Gasteiger partial charge in [-0.1, -0.05) is 13.0 Å². The third-order valence-electron chi connectivity index (χ3n) is 2.82. The molecule has 0 aliphatic carbocycles. The molecule has 1 aromatic carbocycles. The molecule has 1 aromatic rings. The van der Waals surface area contributed by atoms with Crippen molar-refractivity contribution in [1.82, 2.24) is 0 Å². The van der Waals surface area contributed by atoms with Crippen LogP contribution in [-0.4, -0.2) is 12.5 Å². The minimum atomic E-state index is -0.712. The number of carbonyl (C=O) groups excluding carboxylic acids is 1.